The Morgan fingerprint density at radius 2 is 2.20 bits per heavy atom. The third-order valence-electron chi connectivity index (χ3n) is 3.30. The van der Waals surface area contributed by atoms with Gasteiger partial charge in [0.2, 0.25) is 0 Å². The van der Waals surface area contributed by atoms with Gasteiger partial charge < -0.3 is 5.32 Å². The summed E-state index contributed by atoms with van der Waals surface area (Å²) in [5.74, 6) is 0. The van der Waals surface area contributed by atoms with Crippen molar-refractivity contribution in [1.82, 2.24) is 10.2 Å². The van der Waals surface area contributed by atoms with E-state index in [0.717, 1.165) is 6.54 Å². The van der Waals surface area contributed by atoms with Crippen LogP contribution in [0.1, 0.15) is 40.5 Å². The van der Waals surface area contributed by atoms with Crippen molar-refractivity contribution in [2.24, 2.45) is 0 Å². The molecule has 1 aliphatic rings. The van der Waals surface area contributed by atoms with Gasteiger partial charge in [0.15, 0.2) is 0 Å². The summed E-state index contributed by atoms with van der Waals surface area (Å²) in [6.07, 6.45) is 4.85. The van der Waals surface area contributed by atoms with Gasteiger partial charge in [0.05, 0.1) is 0 Å². The molecule has 1 aliphatic heterocycles. The van der Waals surface area contributed by atoms with Crippen molar-refractivity contribution in [2.45, 2.75) is 52.6 Å². The second-order valence-electron chi connectivity index (χ2n) is 4.93. The van der Waals surface area contributed by atoms with Gasteiger partial charge in [-0.3, -0.25) is 4.90 Å². The van der Waals surface area contributed by atoms with Crippen LogP contribution >= 0.6 is 0 Å². The highest BCUT2D eigenvalue weighted by Crippen LogP contribution is 2.10. The molecule has 1 N–H and O–H groups in total. The Morgan fingerprint density at radius 3 is 2.80 bits per heavy atom. The van der Waals surface area contributed by atoms with E-state index in [1.807, 2.05) is 0 Å². The zero-order chi connectivity index (χ0) is 11.3. The number of nitrogens with one attached hydrogen (secondary N) is 1. The zero-order valence-electron chi connectivity index (χ0n) is 10.7. The quantitative estimate of drug-likeness (QED) is 0.720. The molecule has 0 bridgehead atoms. The van der Waals surface area contributed by atoms with E-state index in [1.54, 1.807) is 0 Å². The smallest absolute Gasteiger partial charge is 0.0192 e. The van der Waals surface area contributed by atoms with Crippen LogP contribution in [0, 0.1) is 0 Å². The fraction of sp³-hybridized carbons (Fsp3) is 0.846. The van der Waals surface area contributed by atoms with Gasteiger partial charge in [0, 0.05) is 25.2 Å². The minimum absolute atomic E-state index is 0.681. The van der Waals surface area contributed by atoms with Crippen LogP contribution in [0.2, 0.25) is 0 Å². The minimum atomic E-state index is 0.681. The van der Waals surface area contributed by atoms with E-state index in [9.17, 15) is 0 Å². The van der Waals surface area contributed by atoms with Crippen molar-refractivity contribution in [1.29, 1.82) is 0 Å². The Labute approximate surface area is 94.7 Å². The predicted octanol–water partition coefficient (Wildman–Crippen LogP) is 2.42. The van der Waals surface area contributed by atoms with E-state index in [2.05, 4.69) is 44.0 Å². The van der Waals surface area contributed by atoms with Gasteiger partial charge in [0.25, 0.3) is 0 Å². The number of hydrogen-bond donors (Lipinski definition) is 1. The molecule has 1 saturated heterocycles. The zero-order valence-corrected chi connectivity index (χ0v) is 10.7. The first-order valence-electron chi connectivity index (χ1n) is 6.24. The molecule has 0 aromatic carbocycles. The van der Waals surface area contributed by atoms with Gasteiger partial charge in [-0.05, 0) is 40.2 Å². The Balaban J connectivity index is 2.53. The van der Waals surface area contributed by atoms with Crippen molar-refractivity contribution in [3.8, 4) is 0 Å². The number of nitrogens with zero attached hydrogens (tertiary/aromatic N) is 1. The summed E-state index contributed by atoms with van der Waals surface area (Å²) in [4.78, 5) is 2.60. The van der Waals surface area contributed by atoms with Gasteiger partial charge in [-0.25, -0.2) is 0 Å². The molecule has 2 nitrogen and oxygen atoms in total. The van der Waals surface area contributed by atoms with E-state index in [4.69, 9.17) is 0 Å². The third-order valence-corrected chi connectivity index (χ3v) is 3.30. The monoisotopic (exact) mass is 210 g/mol. The Bertz CT molecular complexity index is 207. The summed E-state index contributed by atoms with van der Waals surface area (Å²) in [6, 6.07) is 1.39. The van der Waals surface area contributed by atoms with Crippen LogP contribution in [0.5, 0.6) is 0 Å². The average Bonchev–Trinajstić information content (AvgIpc) is 2.37. The normalized spacial score (nSPS) is 28.5. The maximum Gasteiger partial charge on any atom is 0.0192 e. The summed E-state index contributed by atoms with van der Waals surface area (Å²) < 4.78 is 0. The van der Waals surface area contributed by atoms with Gasteiger partial charge in [-0.2, -0.15) is 0 Å². The van der Waals surface area contributed by atoms with Crippen LogP contribution < -0.4 is 5.32 Å². The number of rotatable bonds is 3. The summed E-state index contributed by atoms with van der Waals surface area (Å²) in [7, 11) is 0. The number of allylic oxidation sites excluding steroid dienone is 1. The molecule has 0 aromatic heterocycles. The topological polar surface area (TPSA) is 15.3 Å². The molecule has 0 aliphatic carbocycles. The number of hydrogen-bond acceptors (Lipinski definition) is 2. The van der Waals surface area contributed by atoms with E-state index >= 15 is 0 Å². The molecule has 0 amide bonds. The van der Waals surface area contributed by atoms with E-state index < -0.39 is 0 Å². The van der Waals surface area contributed by atoms with Crippen molar-refractivity contribution >= 4 is 0 Å². The largest absolute Gasteiger partial charge is 0.313 e. The molecule has 1 rings (SSSR count). The standard InChI is InChI=1S/C13H26N2/c1-5-13-10-15(9-7-11(2)3)12(4)6-8-14-13/h7,12-14H,5-6,8-10H2,1-4H3. The van der Waals surface area contributed by atoms with Gasteiger partial charge in [-0.15, -0.1) is 0 Å². The lowest BCUT2D eigenvalue weighted by atomic mass is 10.2. The molecule has 0 radical (unpaired) electrons. The molecule has 0 spiro atoms. The van der Waals surface area contributed by atoms with Gasteiger partial charge in [0.1, 0.15) is 0 Å². The summed E-state index contributed by atoms with van der Waals surface area (Å²) in [5.41, 5.74) is 1.42. The molecule has 1 heterocycles. The summed E-state index contributed by atoms with van der Waals surface area (Å²) >= 11 is 0. The molecular weight excluding hydrogens is 184 g/mol. The van der Waals surface area contributed by atoms with Crippen molar-refractivity contribution in [3.63, 3.8) is 0 Å². The van der Waals surface area contributed by atoms with Crippen LogP contribution in [-0.2, 0) is 0 Å². The van der Waals surface area contributed by atoms with Crippen LogP contribution in [0.4, 0.5) is 0 Å². The van der Waals surface area contributed by atoms with Gasteiger partial charge >= 0.3 is 0 Å². The highest BCUT2D eigenvalue weighted by atomic mass is 15.2. The maximum atomic E-state index is 3.62. The maximum absolute atomic E-state index is 3.62. The minimum Gasteiger partial charge on any atom is -0.313 e. The molecule has 2 atom stereocenters. The first kappa shape index (κ1) is 12.7. The summed E-state index contributed by atoms with van der Waals surface area (Å²) in [5, 5.41) is 3.62. The first-order chi connectivity index (χ1) is 7.13. The fourth-order valence-electron chi connectivity index (χ4n) is 2.03. The predicted molar refractivity (Wildman–Crippen MR) is 67.2 cm³/mol. The van der Waals surface area contributed by atoms with Crippen molar-refractivity contribution in [2.75, 3.05) is 19.6 Å². The Kier molecular flexibility index (Phi) is 5.34. The van der Waals surface area contributed by atoms with Crippen LogP contribution in [0.15, 0.2) is 11.6 Å². The van der Waals surface area contributed by atoms with Crippen LogP contribution in [-0.4, -0.2) is 36.6 Å². The lowest BCUT2D eigenvalue weighted by Crippen LogP contribution is -2.39. The summed E-state index contributed by atoms with van der Waals surface area (Å²) in [6.45, 7) is 12.5. The SMILES string of the molecule is CCC1CN(CC=C(C)C)C(C)CCN1. The second kappa shape index (κ2) is 6.29. The lowest BCUT2D eigenvalue weighted by Gasteiger charge is -2.27. The van der Waals surface area contributed by atoms with E-state index in [0.29, 0.717) is 12.1 Å². The van der Waals surface area contributed by atoms with Gasteiger partial charge in [-0.1, -0.05) is 18.6 Å². The van der Waals surface area contributed by atoms with Crippen LogP contribution in [0.25, 0.3) is 0 Å². The van der Waals surface area contributed by atoms with Crippen molar-refractivity contribution in [3.05, 3.63) is 11.6 Å². The molecule has 15 heavy (non-hydrogen) atoms. The second-order valence-corrected chi connectivity index (χ2v) is 4.93. The highest BCUT2D eigenvalue weighted by Gasteiger charge is 2.20. The molecule has 0 saturated carbocycles. The Hall–Kier alpha value is -0.340. The molecular formula is C13H26N2. The molecule has 2 heteroatoms. The third kappa shape index (κ3) is 4.35. The molecule has 1 fully saturated rings. The lowest BCUT2D eigenvalue weighted by molar-refractivity contribution is 0.225. The Morgan fingerprint density at radius 1 is 1.47 bits per heavy atom. The average molecular weight is 210 g/mol. The van der Waals surface area contributed by atoms with Crippen LogP contribution in [0.3, 0.4) is 0 Å². The van der Waals surface area contributed by atoms with E-state index in [-0.39, 0.29) is 0 Å². The highest BCUT2D eigenvalue weighted by molar-refractivity contribution is 4.96. The fourth-order valence-corrected chi connectivity index (χ4v) is 2.03. The molecule has 2 unspecified atom stereocenters. The first-order valence-corrected chi connectivity index (χ1v) is 6.24. The molecule has 88 valence electrons. The van der Waals surface area contributed by atoms with E-state index in [1.165, 1.54) is 31.5 Å². The van der Waals surface area contributed by atoms with Crippen molar-refractivity contribution < 1.29 is 0 Å². The molecule has 0 aromatic rings.